The van der Waals surface area contributed by atoms with E-state index >= 15 is 0 Å². The Labute approximate surface area is 160 Å². The second kappa shape index (κ2) is 7.97. The molecule has 0 spiro atoms. The highest BCUT2D eigenvalue weighted by molar-refractivity contribution is 7.13. The van der Waals surface area contributed by atoms with Crippen LogP contribution in [-0.4, -0.2) is 16.0 Å². The molecule has 2 aromatic heterocycles. The lowest BCUT2D eigenvalue weighted by Gasteiger charge is -2.11. The first-order valence-electron chi connectivity index (χ1n) is 8.60. The third-order valence-corrected chi connectivity index (χ3v) is 4.93. The second-order valence-electron chi connectivity index (χ2n) is 5.95. The molecule has 0 atom stereocenters. The molecule has 134 valence electrons. The summed E-state index contributed by atoms with van der Waals surface area (Å²) in [4.78, 5) is 17.7. The Hall–Kier alpha value is -3.25. The number of hydrogen-bond acceptors (Lipinski definition) is 5. The third kappa shape index (κ3) is 4.12. The van der Waals surface area contributed by atoms with Gasteiger partial charge in [0.25, 0.3) is 0 Å². The van der Waals surface area contributed by atoms with E-state index in [1.165, 1.54) is 0 Å². The molecule has 0 bridgehead atoms. The van der Waals surface area contributed by atoms with E-state index in [-0.39, 0.29) is 12.3 Å². The van der Waals surface area contributed by atoms with Crippen molar-refractivity contribution in [2.24, 2.45) is 0 Å². The highest BCUT2D eigenvalue weighted by Crippen LogP contribution is 2.27. The lowest BCUT2D eigenvalue weighted by Crippen LogP contribution is -2.13. The molecule has 2 aromatic carbocycles. The normalized spacial score (nSPS) is 10.7. The molecule has 27 heavy (non-hydrogen) atoms. The van der Waals surface area contributed by atoms with Crippen molar-refractivity contribution < 1.29 is 9.32 Å². The molecule has 2 heterocycles. The van der Waals surface area contributed by atoms with Crippen LogP contribution < -0.4 is 5.32 Å². The van der Waals surface area contributed by atoms with Gasteiger partial charge in [-0.2, -0.15) is 4.98 Å². The van der Waals surface area contributed by atoms with Crippen LogP contribution >= 0.6 is 11.3 Å². The van der Waals surface area contributed by atoms with Crippen molar-refractivity contribution in [3.8, 4) is 21.8 Å². The number of carbonyl (C=O) groups excluding carboxylic acids is 1. The van der Waals surface area contributed by atoms with Gasteiger partial charge in [-0.25, -0.2) is 0 Å². The van der Waals surface area contributed by atoms with E-state index in [0.29, 0.717) is 18.1 Å². The van der Waals surface area contributed by atoms with E-state index in [1.54, 1.807) is 11.3 Å². The minimum atomic E-state index is -0.0887. The first kappa shape index (κ1) is 17.2. The van der Waals surface area contributed by atoms with Crippen molar-refractivity contribution >= 4 is 22.9 Å². The molecule has 0 saturated heterocycles. The first-order valence-corrected chi connectivity index (χ1v) is 9.48. The van der Waals surface area contributed by atoms with Gasteiger partial charge in [0.05, 0.1) is 4.88 Å². The van der Waals surface area contributed by atoms with Gasteiger partial charge in [-0.1, -0.05) is 59.8 Å². The summed E-state index contributed by atoms with van der Waals surface area (Å²) in [7, 11) is 0. The number of aryl methyl sites for hydroxylation is 1. The zero-order valence-corrected chi connectivity index (χ0v) is 15.3. The largest absolute Gasteiger partial charge is 0.339 e. The Bertz CT molecular complexity index is 1030. The molecule has 0 radical (unpaired) electrons. The molecule has 0 aliphatic heterocycles. The van der Waals surface area contributed by atoms with Crippen molar-refractivity contribution in [1.29, 1.82) is 0 Å². The number of nitrogens with one attached hydrogen (secondary N) is 1. The van der Waals surface area contributed by atoms with Crippen LogP contribution in [0, 0.1) is 0 Å². The van der Waals surface area contributed by atoms with Crippen molar-refractivity contribution in [3.05, 3.63) is 78.0 Å². The number of para-hydroxylation sites is 1. The van der Waals surface area contributed by atoms with Gasteiger partial charge in [-0.15, -0.1) is 11.3 Å². The van der Waals surface area contributed by atoms with Crippen LogP contribution in [0.2, 0.25) is 0 Å². The van der Waals surface area contributed by atoms with Gasteiger partial charge >= 0.3 is 0 Å². The predicted molar refractivity (Wildman–Crippen MR) is 106 cm³/mol. The number of hydrogen-bond donors (Lipinski definition) is 1. The molecule has 0 unspecified atom stereocenters. The van der Waals surface area contributed by atoms with Crippen molar-refractivity contribution in [1.82, 2.24) is 10.1 Å². The standard InChI is InChI=1S/C21H17N3O2S/c25-19(12-13-20-23-21(24-26-20)18-11-6-14-27-18)22-17-10-5-4-9-16(17)15-7-2-1-3-8-15/h1-11,14H,12-13H2,(H,22,25). The molecule has 0 saturated carbocycles. The van der Waals surface area contributed by atoms with Crippen LogP contribution in [0.5, 0.6) is 0 Å². The summed E-state index contributed by atoms with van der Waals surface area (Å²) in [6, 6.07) is 21.6. The van der Waals surface area contributed by atoms with Crippen LogP contribution in [0.3, 0.4) is 0 Å². The Morgan fingerprint density at radius 3 is 2.63 bits per heavy atom. The average molecular weight is 375 g/mol. The van der Waals surface area contributed by atoms with Gasteiger partial charge in [0.15, 0.2) is 0 Å². The minimum Gasteiger partial charge on any atom is -0.339 e. The Balaban J connectivity index is 1.41. The smallest absolute Gasteiger partial charge is 0.227 e. The predicted octanol–water partition coefficient (Wildman–Crippen LogP) is 5.04. The maximum absolute atomic E-state index is 12.4. The Morgan fingerprint density at radius 1 is 1.00 bits per heavy atom. The molecular formula is C21H17N3O2S. The summed E-state index contributed by atoms with van der Waals surface area (Å²) in [5, 5.41) is 8.92. The number of rotatable bonds is 6. The summed E-state index contributed by atoms with van der Waals surface area (Å²) >= 11 is 1.55. The van der Waals surface area contributed by atoms with E-state index in [0.717, 1.165) is 21.7 Å². The summed E-state index contributed by atoms with van der Waals surface area (Å²) in [5.41, 5.74) is 2.84. The number of benzene rings is 2. The zero-order chi connectivity index (χ0) is 18.5. The van der Waals surface area contributed by atoms with Crippen molar-refractivity contribution in [2.75, 3.05) is 5.32 Å². The number of anilines is 1. The summed E-state index contributed by atoms with van der Waals surface area (Å²) < 4.78 is 5.25. The SMILES string of the molecule is O=C(CCc1nc(-c2cccs2)no1)Nc1ccccc1-c1ccccc1. The third-order valence-electron chi connectivity index (χ3n) is 4.06. The van der Waals surface area contributed by atoms with Crippen molar-refractivity contribution in [2.45, 2.75) is 12.8 Å². The molecular weight excluding hydrogens is 358 g/mol. The monoisotopic (exact) mass is 375 g/mol. The summed E-state index contributed by atoms with van der Waals surface area (Å²) in [5.74, 6) is 0.939. The molecule has 6 heteroatoms. The van der Waals surface area contributed by atoms with Gasteiger partial charge < -0.3 is 9.84 Å². The van der Waals surface area contributed by atoms with Gasteiger partial charge in [-0.3, -0.25) is 4.79 Å². The highest BCUT2D eigenvalue weighted by Gasteiger charge is 2.12. The first-order chi connectivity index (χ1) is 13.3. The van der Waals surface area contributed by atoms with Crippen molar-refractivity contribution in [3.63, 3.8) is 0 Å². The summed E-state index contributed by atoms with van der Waals surface area (Å²) in [6.45, 7) is 0. The number of nitrogens with zero attached hydrogens (tertiary/aromatic N) is 2. The highest BCUT2D eigenvalue weighted by atomic mass is 32.1. The topological polar surface area (TPSA) is 68.0 Å². The van der Waals surface area contributed by atoms with E-state index in [2.05, 4.69) is 15.5 Å². The lowest BCUT2D eigenvalue weighted by molar-refractivity contribution is -0.116. The Morgan fingerprint density at radius 2 is 1.81 bits per heavy atom. The maximum atomic E-state index is 12.4. The molecule has 1 amide bonds. The van der Waals surface area contributed by atoms with Crippen LogP contribution in [-0.2, 0) is 11.2 Å². The number of carbonyl (C=O) groups is 1. The molecule has 5 nitrogen and oxygen atoms in total. The fourth-order valence-electron chi connectivity index (χ4n) is 2.76. The van der Waals surface area contributed by atoms with Gasteiger partial charge in [0.2, 0.25) is 17.6 Å². The fraction of sp³-hybridized carbons (Fsp3) is 0.0952. The number of aromatic nitrogens is 2. The van der Waals surface area contributed by atoms with E-state index in [1.807, 2.05) is 72.1 Å². The molecule has 0 aliphatic carbocycles. The van der Waals surface area contributed by atoms with Crippen LogP contribution in [0.1, 0.15) is 12.3 Å². The van der Waals surface area contributed by atoms with Gasteiger partial charge in [-0.05, 0) is 23.1 Å². The zero-order valence-electron chi connectivity index (χ0n) is 14.5. The maximum Gasteiger partial charge on any atom is 0.227 e. The van der Waals surface area contributed by atoms with E-state index in [4.69, 9.17) is 4.52 Å². The van der Waals surface area contributed by atoms with Crippen LogP contribution in [0.25, 0.3) is 21.8 Å². The Kier molecular flexibility index (Phi) is 5.07. The van der Waals surface area contributed by atoms with E-state index in [9.17, 15) is 4.79 Å². The number of amides is 1. The second-order valence-corrected chi connectivity index (χ2v) is 6.90. The molecule has 1 N–H and O–H groups in total. The van der Waals surface area contributed by atoms with E-state index < -0.39 is 0 Å². The number of thiophene rings is 1. The fourth-order valence-corrected chi connectivity index (χ4v) is 3.41. The van der Waals surface area contributed by atoms with Gasteiger partial charge in [0.1, 0.15) is 0 Å². The van der Waals surface area contributed by atoms with Gasteiger partial charge in [0, 0.05) is 24.1 Å². The molecule has 4 rings (SSSR count). The quantitative estimate of drug-likeness (QED) is 0.513. The molecule has 0 fully saturated rings. The summed E-state index contributed by atoms with van der Waals surface area (Å²) in [6.07, 6.45) is 0.674. The minimum absolute atomic E-state index is 0.0887. The van der Waals surface area contributed by atoms with Crippen LogP contribution in [0.4, 0.5) is 5.69 Å². The molecule has 4 aromatic rings. The lowest BCUT2D eigenvalue weighted by atomic mass is 10.0. The average Bonchev–Trinajstić information content (AvgIpc) is 3.39. The molecule has 0 aliphatic rings. The van der Waals surface area contributed by atoms with Crippen LogP contribution in [0.15, 0.2) is 76.6 Å².